The van der Waals surface area contributed by atoms with Crippen molar-refractivity contribution in [1.82, 2.24) is 10.6 Å². The minimum atomic E-state index is -0.660. The van der Waals surface area contributed by atoms with Crippen LogP contribution in [-0.2, 0) is 4.79 Å². The van der Waals surface area contributed by atoms with Crippen molar-refractivity contribution < 1.29 is 14.6 Å². The van der Waals surface area contributed by atoms with E-state index in [1.54, 1.807) is 0 Å². The number of halogens is 1. The van der Waals surface area contributed by atoms with Crippen LogP contribution in [0.3, 0.4) is 0 Å². The summed E-state index contributed by atoms with van der Waals surface area (Å²) in [5.41, 5.74) is 1.14. The van der Waals surface area contributed by atoms with Gasteiger partial charge < -0.3 is 20.5 Å². The number of nitrogens with one attached hydrogen (secondary N) is 2. The van der Waals surface area contributed by atoms with E-state index in [9.17, 15) is 9.90 Å². The molecule has 0 spiro atoms. The molecule has 1 fully saturated rings. The highest BCUT2D eigenvalue weighted by Gasteiger charge is 2.22. The fourth-order valence-corrected chi connectivity index (χ4v) is 2.43. The van der Waals surface area contributed by atoms with Gasteiger partial charge in [-0.2, -0.15) is 0 Å². The molecule has 116 valence electrons. The molecular weight excluding hydrogens is 336 g/mol. The van der Waals surface area contributed by atoms with E-state index in [1.165, 1.54) is 0 Å². The molecule has 6 heteroatoms. The molecule has 5 nitrogen and oxygen atoms in total. The molecule has 21 heavy (non-hydrogen) atoms. The zero-order valence-corrected chi connectivity index (χ0v) is 13.6. The molecule has 0 aromatic heterocycles. The fraction of sp³-hybridized carbons (Fsp3) is 0.533. The zero-order valence-electron chi connectivity index (χ0n) is 12.1. The predicted octanol–water partition coefficient (Wildman–Crippen LogP) is 1.37. The Labute approximate surface area is 133 Å². The van der Waals surface area contributed by atoms with Crippen LogP contribution in [0.15, 0.2) is 22.7 Å². The van der Waals surface area contributed by atoms with Gasteiger partial charge in [-0.05, 0) is 53.4 Å². The molecule has 1 aromatic carbocycles. The lowest BCUT2D eigenvalue weighted by Crippen LogP contribution is -2.39. The van der Waals surface area contributed by atoms with Gasteiger partial charge in [0.25, 0.3) is 0 Å². The summed E-state index contributed by atoms with van der Waals surface area (Å²) in [6.07, 6.45) is 1.49. The second kappa shape index (κ2) is 7.77. The maximum atomic E-state index is 11.4. The number of benzene rings is 1. The third-order valence-corrected chi connectivity index (χ3v) is 3.75. The smallest absolute Gasteiger partial charge is 0.234 e. The third-order valence-electron chi connectivity index (χ3n) is 3.13. The molecule has 3 N–H and O–H groups in total. The Morgan fingerprint density at radius 1 is 1.52 bits per heavy atom. The standard InChI is InChI=1S/C15H21BrN2O3/c1-10-2-5-14(13(16)6-10)21-9-12(19)7-17-8-15(20)18-11-3-4-11/h2,5-6,11-12,17,19H,3-4,7-9H2,1H3,(H,18,20). The minimum Gasteiger partial charge on any atom is -0.490 e. The quantitative estimate of drug-likeness (QED) is 0.657. The summed E-state index contributed by atoms with van der Waals surface area (Å²) in [6, 6.07) is 6.14. The van der Waals surface area contributed by atoms with Crippen molar-refractivity contribution in [2.75, 3.05) is 19.7 Å². The van der Waals surface area contributed by atoms with Crippen LogP contribution in [-0.4, -0.2) is 42.9 Å². The van der Waals surface area contributed by atoms with Crippen LogP contribution >= 0.6 is 15.9 Å². The van der Waals surface area contributed by atoms with Gasteiger partial charge in [-0.15, -0.1) is 0 Å². The van der Waals surface area contributed by atoms with Crippen LogP contribution < -0.4 is 15.4 Å². The van der Waals surface area contributed by atoms with Gasteiger partial charge in [-0.3, -0.25) is 4.79 Å². The lowest BCUT2D eigenvalue weighted by atomic mass is 10.2. The summed E-state index contributed by atoms with van der Waals surface area (Å²) in [6.45, 7) is 2.72. The number of aryl methyl sites for hydroxylation is 1. The summed E-state index contributed by atoms with van der Waals surface area (Å²) < 4.78 is 6.42. The van der Waals surface area contributed by atoms with Crippen LogP contribution in [0.25, 0.3) is 0 Å². The molecule has 0 bridgehead atoms. The van der Waals surface area contributed by atoms with E-state index in [0.29, 0.717) is 18.3 Å². The van der Waals surface area contributed by atoms with Crippen LogP contribution in [0.5, 0.6) is 5.75 Å². The van der Waals surface area contributed by atoms with Crippen LogP contribution in [0.1, 0.15) is 18.4 Å². The number of amides is 1. The van der Waals surface area contributed by atoms with Crippen molar-refractivity contribution in [2.24, 2.45) is 0 Å². The van der Waals surface area contributed by atoms with Gasteiger partial charge in [0.15, 0.2) is 0 Å². The Morgan fingerprint density at radius 2 is 2.29 bits per heavy atom. The topological polar surface area (TPSA) is 70.6 Å². The molecule has 1 unspecified atom stereocenters. The van der Waals surface area contributed by atoms with E-state index in [4.69, 9.17) is 4.74 Å². The Balaban J connectivity index is 1.62. The molecule has 1 aliphatic carbocycles. The highest BCUT2D eigenvalue weighted by molar-refractivity contribution is 9.10. The summed E-state index contributed by atoms with van der Waals surface area (Å²) in [7, 11) is 0. The third kappa shape index (κ3) is 6.03. The number of carbonyl (C=O) groups is 1. The minimum absolute atomic E-state index is 0.0214. The van der Waals surface area contributed by atoms with Crippen molar-refractivity contribution in [3.05, 3.63) is 28.2 Å². The number of carbonyl (C=O) groups excluding carboxylic acids is 1. The van der Waals surface area contributed by atoms with Gasteiger partial charge in [0, 0.05) is 12.6 Å². The van der Waals surface area contributed by atoms with Crippen molar-refractivity contribution >= 4 is 21.8 Å². The molecule has 0 saturated heterocycles. The number of hydrogen-bond donors (Lipinski definition) is 3. The first-order valence-electron chi connectivity index (χ1n) is 7.11. The van der Waals surface area contributed by atoms with Gasteiger partial charge in [0.05, 0.1) is 11.0 Å². The first kappa shape index (κ1) is 16.3. The SMILES string of the molecule is Cc1ccc(OCC(O)CNCC(=O)NC2CC2)c(Br)c1. The molecule has 1 amide bonds. The van der Waals surface area contributed by atoms with E-state index in [2.05, 4.69) is 26.6 Å². The maximum absolute atomic E-state index is 11.4. The average molecular weight is 357 g/mol. The highest BCUT2D eigenvalue weighted by Crippen LogP contribution is 2.25. The van der Waals surface area contributed by atoms with Gasteiger partial charge in [0.1, 0.15) is 18.5 Å². The largest absolute Gasteiger partial charge is 0.490 e. The molecule has 1 saturated carbocycles. The van der Waals surface area contributed by atoms with E-state index in [1.807, 2.05) is 25.1 Å². The molecular formula is C15H21BrN2O3. The van der Waals surface area contributed by atoms with Gasteiger partial charge in [0.2, 0.25) is 5.91 Å². The molecule has 0 aliphatic heterocycles. The Bertz CT molecular complexity index is 492. The van der Waals surface area contributed by atoms with Crippen LogP contribution in [0.2, 0.25) is 0 Å². The van der Waals surface area contributed by atoms with Crippen molar-refractivity contribution in [1.29, 1.82) is 0 Å². The molecule has 1 aliphatic rings. The first-order valence-corrected chi connectivity index (χ1v) is 7.91. The fourth-order valence-electron chi connectivity index (χ4n) is 1.83. The van der Waals surface area contributed by atoms with E-state index in [-0.39, 0.29) is 19.1 Å². The normalized spacial score (nSPS) is 15.6. The number of aliphatic hydroxyl groups excluding tert-OH is 1. The van der Waals surface area contributed by atoms with E-state index >= 15 is 0 Å². The van der Waals surface area contributed by atoms with Crippen molar-refractivity contribution in [2.45, 2.75) is 31.9 Å². The van der Waals surface area contributed by atoms with Gasteiger partial charge in [-0.25, -0.2) is 0 Å². The van der Waals surface area contributed by atoms with Crippen molar-refractivity contribution in [3.63, 3.8) is 0 Å². The van der Waals surface area contributed by atoms with Crippen LogP contribution in [0, 0.1) is 6.92 Å². The first-order chi connectivity index (χ1) is 10.0. The number of hydrogen-bond acceptors (Lipinski definition) is 4. The van der Waals surface area contributed by atoms with E-state index in [0.717, 1.165) is 22.9 Å². The molecule has 1 aromatic rings. The Hall–Kier alpha value is -1.11. The second-order valence-electron chi connectivity index (χ2n) is 5.37. The number of ether oxygens (including phenoxy) is 1. The lowest BCUT2D eigenvalue weighted by Gasteiger charge is -2.14. The van der Waals surface area contributed by atoms with Crippen molar-refractivity contribution in [3.8, 4) is 5.75 Å². The monoisotopic (exact) mass is 356 g/mol. The Kier molecular flexibility index (Phi) is 6.02. The number of aliphatic hydroxyl groups is 1. The zero-order chi connectivity index (χ0) is 15.2. The van der Waals surface area contributed by atoms with Gasteiger partial charge in [-0.1, -0.05) is 6.07 Å². The van der Waals surface area contributed by atoms with Crippen LogP contribution in [0.4, 0.5) is 0 Å². The highest BCUT2D eigenvalue weighted by atomic mass is 79.9. The van der Waals surface area contributed by atoms with E-state index < -0.39 is 6.10 Å². The lowest BCUT2D eigenvalue weighted by molar-refractivity contribution is -0.120. The summed E-state index contributed by atoms with van der Waals surface area (Å²) >= 11 is 3.42. The second-order valence-corrected chi connectivity index (χ2v) is 6.23. The molecule has 0 radical (unpaired) electrons. The Morgan fingerprint density at radius 3 is 2.95 bits per heavy atom. The molecule has 1 atom stereocenters. The predicted molar refractivity (Wildman–Crippen MR) is 84.4 cm³/mol. The van der Waals surface area contributed by atoms with Gasteiger partial charge >= 0.3 is 0 Å². The number of rotatable bonds is 8. The molecule has 2 rings (SSSR count). The molecule has 0 heterocycles. The summed E-state index contributed by atoms with van der Waals surface area (Å²) in [4.78, 5) is 11.4. The average Bonchev–Trinajstić information content (AvgIpc) is 3.21. The summed E-state index contributed by atoms with van der Waals surface area (Å²) in [5, 5.41) is 15.6. The maximum Gasteiger partial charge on any atom is 0.234 e. The summed E-state index contributed by atoms with van der Waals surface area (Å²) in [5.74, 6) is 0.679.